The Morgan fingerprint density at radius 2 is 1.73 bits per heavy atom. The van der Waals surface area contributed by atoms with Crippen LogP contribution in [0.1, 0.15) is 6.92 Å². The zero-order valence-corrected chi connectivity index (χ0v) is 11.8. The van der Waals surface area contributed by atoms with Gasteiger partial charge in [-0.25, -0.2) is 0 Å². The minimum atomic E-state index is -1.84. The number of rotatable bonds is 7. The highest BCUT2D eigenvalue weighted by atomic mass is 16.7. The van der Waals surface area contributed by atoms with E-state index in [1.807, 2.05) is 0 Å². The van der Waals surface area contributed by atoms with E-state index < -0.39 is 61.7 Å². The lowest BCUT2D eigenvalue weighted by Gasteiger charge is -2.41. The summed E-state index contributed by atoms with van der Waals surface area (Å²) in [6.07, 6.45) is -14.4. The highest BCUT2D eigenvalue weighted by molar-refractivity contribution is 5.56. The molecule has 0 unspecified atom stereocenters. The Labute approximate surface area is 126 Å². The maximum Gasteiger partial charge on any atom is 0.187 e. The average Bonchev–Trinajstić information content (AvgIpc) is 2.50. The van der Waals surface area contributed by atoms with Gasteiger partial charge in [0.1, 0.15) is 42.7 Å². The molecule has 0 amide bonds. The average molecular weight is 326 g/mol. The molecule has 0 saturated carbocycles. The molecule has 1 fully saturated rings. The third-order valence-corrected chi connectivity index (χ3v) is 3.44. The summed E-state index contributed by atoms with van der Waals surface area (Å²) >= 11 is 0. The van der Waals surface area contributed by atoms with E-state index in [0.29, 0.717) is 0 Å². The molecule has 1 saturated heterocycles. The van der Waals surface area contributed by atoms with Crippen molar-refractivity contribution in [2.45, 2.75) is 62.0 Å². The number of ether oxygens (including phenoxy) is 2. The van der Waals surface area contributed by atoms with Crippen molar-refractivity contribution in [3.63, 3.8) is 0 Å². The van der Waals surface area contributed by atoms with Crippen LogP contribution in [0, 0.1) is 0 Å². The topological polar surface area (TPSA) is 177 Å². The minimum absolute atomic E-state index is 0.0384. The summed E-state index contributed by atoms with van der Waals surface area (Å²) < 4.78 is 10.2. The molecule has 0 bridgehead atoms. The molecule has 1 aliphatic heterocycles. The van der Waals surface area contributed by atoms with Crippen molar-refractivity contribution in [1.82, 2.24) is 0 Å². The first-order valence-corrected chi connectivity index (χ1v) is 6.70. The van der Waals surface area contributed by atoms with Crippen molar-refractivity contribution in [1.29, 1.82) is 0 Å². The second kappa shape index (κ2) is 8.24. The van der Waals surface area contributed by atoms with Crippen LogP contribution in [0.4, 0.5) is 0 Å². The van der Waals surface area contributed by atoms with Gasteiger partial charge in [-0.1, -0.05) is 0 Å². The van der Waals surface area contributed by atoms with Crippen LogP contribution < -0.4 is 0 Å². The van der Waals surface area contributed by atoms with Gasteiger partial charge in [-0.3, -0.25) is 0 Å². The van der Waals surface area contributed by atoms with E-state index in [9.17, 15) is 35.4 Å². The largest absolute Gasteiger partial charge is 0.394 e. The second-order valence-corrected chi connectivity index (χ2v) is 5.16. The van der Waals surface area contributed by atoms with Crippen LogP contribution >= 0.6 is 0 Å². The molecule has 7 N–H and O–H groups in total. The van der Waals surface area contributed by atoms with E-state index >= 15 is 0 Å². The first-order valence-electron chi connectivity index (χ1n) is 6.70. The van der Waals surface area contributed by atoms with Gasteiger partial charge in [-0.05, 0) is 6.92 Å². The highest BCUT2D eigenvalue weighted by Crippen LogP contribution is 2.24. The van der Waals surface area contributed by atoms with Gasteiger partial charge in [-0.15, -0.1) is 0 Å². The molecule has 0 aliphatic carbocycles. The van der Waals surface area contributed by atoms with Gasteiger partial charge in [-0.2, -0.15) is 0 Å². The summed E-state index contributed by atoms with van der Waals surface area (Å²) in [7, 11) is 0. The lowest BCUT2D eigenvalue weighted by Crippen LogP contribution is -2.61. The number of hydrogen-bond donors (Lipinski definition) is 7. The number of aliphatic hydroxyl groups excluding tert-OH is 7. The minimum Gasteiger partial charge on any atom is -0.394 e. The molecule has 130 valence electrons. The van der Waals surface area contributed by atoms with Crippen LogP contribution in [-0.4, -0.2) is 104 Å². The van der Waals surface area contributed by atoms with Crippen molar-refractivity contribution >= 4 is 6.29 Å². The Morgan fingerprint density at radius 1 is 1.14 bits per heavy atom. The van der Waals surface area contributed by atoms with Gasteiger partial charge in [0, 0.05) is 0 Å². The van der Waals surface area contributed by atoms with Gasteiger partial charge in [0.25, 0.3) is 0 Å². The summed E-state index contributed by atoms with van der Waals surface area (Å²) in [6, 6.07) is 0. The normalized spacial score (nSPS) is 38.1. The molecule has 9 atom stereocenters. The standard InChI is InChI=1S/C12H22O10/c1-4(15)11(7(17)5(16)2-13)22-12-10(20)9(19)8(18)6(3-14)21-12/h2,4-12,14-20H,3H2,1H3/t4-,5+,6+,7-,8+,9-,10+,11+,12-/m0/s1. The van der Waals surface area contributed by atoms with E-state index in [-0.39, 0.29) is 6.29 Å². The van der Waals surface area contributed by atoms with Crippen LogP contribution in [0.3, 0.4) is 0 Å². The Hall–Kier alpha value is -0.690. The van der Waals surface area contributed by atoms with E-state index in [2.05, 4.69) is 0 Å². The van der Waals surface area contributed by atoms with Crippen LogP contribution in [0.5, 0.6) is 0 Å². The molecule has 1 rings (SSSR count). The molecule has 0 aromatic carbocycles. The van der Waals surface area contributed by atoms with Crippen LogP contribution in [-0.2, 0) is 14.3 Å². The number of carbonyl (C=O) groups excluding carboxylic acids is 1. The molecule has 0 radical (unpaired) electrons. The Balaban J connectivity index is 2.85. The van der Waals surface area contributed by atoms with Gasteiger partial charge in [0.15, 0.2) is 12.6 Å². The first kappa shape index (κ1) is 19.4. The molecule has 0 aromatic rings. The molecular formula is C12H22O10. The maximum atomic E-state index is 10.5. The van der Waals surface area contributed by atoms with Gasteiger partial charge in [0.05, 0.1) is 12.7 Å². The predicted molar refractivity (Wildman–Crippen MR) is 68.4 cm³/mol. The summed E-state index contributed by atoms with van der Waals surface area (Å²) in [5.74, 6) is 0. The Bertz CT molecular complexity index is 349. The molecule has 1 heterocycles. The lowest BCUT2D eigenvalue weighted by atomic mass is 9.98. The molecule has 0 aromatic heterocycles. The number of aldehydes is 1. The molecule has 10 heteroatoms. The Morgan fingerprint density at radius 3 is 2.18 bits per heavy atom. The monoisotopic (exact) mass is 326 g/mol. The molecule has 22 heavy (non-hydrogen) atoms. The lowest BCUT2D eigenvalue weighted by molar-refractivity contribution is -0.324. The van der Waals surface area contributed by atoms with Crippen molar-refractivity contribution < 1.29 is 50.0 Å². The van der Waals surface area contributed by atoms with Crippen molar-refractivity contribution in [3.05, 3.63) is 0 Å². The number of hydrogen-bond acceptors (Lipinski definition) is 10. The zero-order chi connectivity index (χ0) is 17.0. The van der Waals surface area contributed by atoms with E-state index in [1.54, 1.807) is 0 Å². The second-order valence-electron chi connectivity index (χ2n) is 5.16. The molecular weight excluding hydrogens is 304 g/mol. The quantitative estimate of drug-likeness (QED) is 0.225. The molecule has 1 aliphatic rings. The summed E-state index contributed by atoms with van der Waals surface area (Å²) in [4.78, 5) is 10.5. The number of carbonyl (C=O) groups is 1. The van der Waals surface area contributed by atoms with E-state index in [0.717, 1.165) is 0 Å². The van der Waals surface area contributed by atoms with Crippen LogP contribution in [0.15, 0.2) is 0 Å². The smallest absolute Gasteiger partial charge is 0.187 e. The van der Waals surface area contributed by atoms with Crippen molar-refractivity contribution in [3.8, 4) is 0 Å². The van der Waals surface area contributed by atoms with Crippen molar-refractivity contribution in [2.24, 2.45) is 0 Å². The molecule has 0 spiro atoms. The SMILES string of the molecule is C[C@H](O)[C@@H](O[C@@H]1O[C@H](CO)[C@@H](O)[C@H](O)[C@H]1O)[C@@H](O)[C@H](O)C=O. The van der Waals surface area contributed by atoms with Gasteiger partial charge < -0.3 is 50.0 Å². The summed E-state index contributed by atoms with van der Waals surface area (Å²) in [6.45, 7) is 0.527. The maximum absolute atomic E-state index is 10.5. The summed E-state index contributed by atoms with van der Waals surface area (Å²) in [5.41, 5.74) is 0. The van der Waals surface area contributed by atoms with E-state index in [4.69, 9.17) is 14.6 Å². The van der Waals surface area contributed by atoms with Gasteiger partial charge >= 0.3 is 0 Å². The third kappa shape index (κ3) is 4.19. The van der Waals surface area contributed by atoms with E-state index in [1.165, 1.54) is 6.92 Å². The van der Waals surface area contributed by atoms with Crippen molar-refractivity contribution in [2.75, 3.05) is 6.61 Å². The highest BCUT2D eigenvalue weighted by Gasteiger charge is 2.46. The fourth-order valence-electron chi connectivity index (χ4n) is 2.09. The van der Waals surface area contributed by atoms with Gasteiger partial charge in [0.2, 0.25) is 0 Å². The summed E-state index contributed by atoms with van der Waals surface area (Å²) in [5, 5.41) is 66.7. The predicted octanol–water partition coefficient (Wildman–Crippen LogP) is -4.53. The fraction of sp³-hybridized carbons (Fsp3) is 0.917. The fourth-order valence-corrected chi connectivity index (χ4v) is 2.09. The zero-order valence-electron chi connectivity index (χ0n) is 11.8. The van der Waals surface area contributed by atoms with Crippen LogP contribution in [0.2, 0.25) is 0 Å². The Kier molecular flexibility index (Phi) is 7.25. The first-order chi connectivity index (χ1) is 10.2. The third-order valence-electron chi connectivity index (χ3n) is 3.44. The molecule has 10 nitrogen and oxygen atoms in total. The van der Waals surface area contributed by atoms with Crippen LogP contribution in [0.25, 0.3) is 0 Å². The number of aliphatic hydroxyl groups is 7.